The molecule has 3 rings (SSSR count). The number of fused-ring (bicyclic) bond motifs is 1. The number of aliphatic hydroxyl groups excluding tert-OH is 1. The highest BCUT2D eigenvalue weighted by molar-refractivity contribution is 7.10. The number of hydrogen-bond acceptors (Lipinski definition) is 3. The highest BCUT2D eigenvalue weighted by Crippen LogP contribution is 2.33. The van der Waals surface area contributed by atoms with Crippen LogP contribution in [0.25, 0.3) is 0 Å². The molecule has 108 valence electrons. The third-order valence-electron chi connectivity index (χ3n) is 3.80. The van der Waals surface area contributed by atoms with Crippen molar-refractivity contribution in [2.24, 2.45) is 0 Å². The fourth-order valence-corrected chi connectivity index (χ4v) is 3.60. The standard InChI is InChI=1S/C18H19NOS/c1-14-10-16-7-2-3-8-18(16)19(14)12-17-11-15(13-21-17)6-4-5-9-20/h2-3,7-8,11,13-14,20H,5,9-10,12H2,1H3. The van der Waals surface area contributed by atoms with Crippen LogP contribution in [-0.4, -0.2) is 17.8 Å². The Bertz CT molecular complexity index is 680. The summed E-state index contributed by atoms with van der Waals surface area (Å²) in [5, 5.41) is 10.9. The molecule has 2 aromatic rings. The van der Waals surface area contributed by atoms with E-state index in [1.165, 1.54) is 16.1 Å². The van der Waals surface area contributed by atoms with Gasteiger partial charge < -0.3 is 10.0 Å². The van der Waals surface area contributed by atoms with Gasteiger partial charge in [0.15, 0.2) is 0 Å². The molecule has 0 spiro atoms. The van der Waals surface area contributed by atoms with Crippen molar-refractivity contribution in [3.63, 3.8) is 0 Å². The van der Waals surface area contributed by atoms with E-state index in [0.29, 0.717) is 12.5 Å². The first-order valence-corrected chi connectivity index (χ1v) is 8.17. The van der Waals surface area contributed by atoms with Crippen molar-refractivity contribution in [1.82, 2.24) is 0 Å². The van der Waals surface area contributed by atoms with Gasteiger partial charge in [0, 0.05) is 34.0 Å². The summed E-state index contributed by atoms with van der Waals surface area (Å²) in [5.41, 5.74) is 3.87. The summed E-state index contributed by atoms with van der Waals surface area (Å²) in [6.07, 6.45) is 1.67. The number of nitrogens with zero attached hydrogens (tertiary/aromatic N) is 1. The molecule has 1 aromatic carbocycles. The number of para-hydroxylation sites is 1. The Morgan fingerprint density at radius 1 is 1.38 bits per heavy atom. The summed E-state index contributed by atoms with van der Waals surface area (Å²) in [7, 11) is 0. The van der Waals surface area contributed by atoms with Crippen molar-refractivity contribution in [2.45, 2.75) is 32.4 Å². The molecule has 0 aliphatic carbocycles. The third kappa shape index (κ3) is 3.12. The monoisotopic (exact) mass is 297 g/mol. The fourth-order valence-electron chi connectivity index (χ4n) is 2.79. The summed E-state index contributed by atoms with van der Waals surface area (Å²) in [6, 6.07) is 11.4. The van der Waals surface area contributed by atoms with Gasteiger partial charge in [0.1, 0.15) is 0 Å². The second-order valence-electron chi connectivity index (χ2n) is 5.39. The molecule has 21 heavy (non-hydrogen) atoms. The zero-order valence-corrected chi connectivity index (χ0v) is 13.0. The average molecular weight is 297 g/mol. The zero-order valence-electron chi connectivity index (χ0n) is 12.2. The summed E-state index contributed by atoms with van der Waals surface area (Å²) in [5.74, 6) is 6.08. The molecule has 1 atom stereocenters. The van der Waals surface area contributed by atoms with Gasteiger partial charge in [-0.3, -0.25) is 0 Å². The minimum absolute atomic E-state index is 0.131. The average Bonchev–Trinajstić information content (AvgIpc) is 3.05. The van der Waals surface area contributed by atoms with Crippen molar-refractivity contribution >= 4 is 17.0 Å². The molecule has 0 fully saturated rings. The SMILES string of the molecule is CC1Cc2ccccc2N1Cc1cc(C#CCCO)cs1. The summed E-state index contributed by atoms with van der Waals surface area (Å²) >= 11 is 1.76. The second kappa shape index (κ2) is 6.34. The van der Waals surface area contributed by atoms with E-state index < -0.39 is 0 Å². The van der Waals surface area contributed by atoms with Gasteiger partial charge in [0.05, 0.1) is 13.2 Å². The van der Waals surface area contributed by atoms with Gasteiger partial charge in [-0.15, -0.1) is 11.3 Å². The lowest BCUT2D eigenvalue weighted by molar-refractivity contribution is 0.305. The van der Waals surface area contributed by atoms with Gasteiger partial charge >= 0.3 is 0 Å². The maximum absolute atomic E-state index is 8.75. The Balaban J connectivity index is 1.74. The van der Waals surface area contributed by atoms with E-state index in [-0.39, 0.29) is 6.61 Å². The van der Waals surface area contributed by atoms with Gasteiger partial charge in [-0.25, -0.2) is 0 Å². The maximum atomic E-state index is 8.75. The largest absolute Gasteiger partial charge is 0.395 e. The number of hydrogen-bond donors (Lipinski definition) is 1. The normalized spacial score (nSPS) is 16.5. The Kier molecular flexibility index (Phi) is 4.28. The highest BCUT2D eigenvalue weighted by Gasteiger charge is 2.25. The number of rotatable bonds is 3. The Morgan fingerprint density at radius 2 is 2.24 bits per heavy atom. The van der Waals surface area contributed by atoms with Gasteiger partial charge in [-0.05, 0) is 31.0 Å². The molecule has 1 aliphatic heterocycles. The highest BCUT2D eigenvalue weighted by atomic mass is 32.1. The first-order valence-electron chi connectivity index (χ1n) is 7.29. The molecular weight excluding hydrogens is 278 g/mol. The Morgan fingerprint density at radius 3 is 3.10 bits per heavy atom. The molecule has 3 heteroatoms. The lowest BCUT2D eigenvalue weighted by atomic mass is 10.1. The minimum Gasteiger partial charge on any atom is -0.395 e. The maximum Gasteiger partial charge on any atom is 0.0540 e. The second-order valence-corrected chi connectivity index (χ2v) is 6.38. The Hall–Kier alpha value is -1.76. The van der Waals surface area contributed by atoms with E-state index in [4.69, 9.17) is 5.11 Å². The first kappa shape index (κ1) is 14.2. The van der Waals surface area contributed by atoms with E-state index in [1.54, 1.807) is 11.3 Å². The molecule has 0 saturated carbocycles. The Labute approximate surface area is 130 Å². The third-order valence-corrected chi connectivity index (χ3v) is 4.72. The van der Waals surface area contributed by atoms with E-state index in [1.807, 2.05) is 0 Å². The summed E-state index contributed by atoms with van der Waals surface area (Å²) in [6.45, 7) is 3.37. The molecule has 1 aromatic heterocycles. The topological polar surface area (TPSA) is 23.5 Å². The van der Waals surface area contributed by atoms with Crippen LogP contribution in [0.3, 0.4) is 0 Å². The van der Waals surface area contributed by atoms with Crippen LogP contribution in [0.5, 0.6) is 0 Å². The van der Waals surface area contributed by atoms with Crippen molar-refractivity contribution in [2.75, 3.05) is 11.5 Å². The van der Waals surface area contributed by atoms with Gasteiger partial charge in [0.25, 0.3) is 0 Å². The summed E-state index contributed by atoms with van der Waals surface area (Å²) in [4.78, 5) is 3.82. The molecule has 0 amide bonds. The molecule has 2 heterocycles. The van der Waals surface area contributed by atoms with Crippen LogP contribution in [0.1, 0.15) is 29.3 Å². The van der Waals surface area contributed by atoms with Gasteiger partial charge in [0.2, 0.25) is 0 Å². The van der Waals surface area contributed by atoms with Crippen LogP contribution >= 0.6 is 11.3 Å². The van der Waals surface area contributed by atoms with Crippen LogP contribution in [0.4, 0.5) is 5.69 Å². The molecule has 1 aliphatic rings. The van der Waals surface area contributed by atoms with Crippen LogP contribution in [-0.2, 0) is 13.0 Å². The quantitative estimate of drug-likeness (QED) is 0.877. The lowest BCUT2D eigenvalue weighted by Crippen LogP contribution is -2.28. The van der Waals surface area contributed by atoms with Crippen LogP contribution in [0.2, 0.25) is 0 Å². The zero-order chi connectivity index (χ0) is 14.7. The summed E-state index contributed by atoms with van der Waals surface area (Å²) < 4.78 is 0. The smallest absolute Gasteiger partial charge is 0.0540 e. The molecule has 1 N–H and O–H groups in total. The van der Waals surface area contributed by atoms with E-state index in [2.05, 4.69) is 59.4 Å². The first-order chi connectivity index (χ1) is 10.3. The predicted octanol–water partition coefficient (Wildman–Crippen LogP) is 3.43. The van der Waals surface area contributed by atoms with Crippen LogP contribution in [0, 0.1) is 11.8 Å². The fraction of sp³-hybridized carbons (Fsp3) is 0.333. The van der Waals surface area contributed by atoms with Crippen molar-refractivity contribution in [1.29, 1.82) is 0 Å². The molecular formula is C18H19NOS. The van der Waals surface area contributed by atoms with Gasteiger partial charge in [-0.1, -0.05) is 30.0 Å². The van der Waals surface area contributed by atoms with Crippen molar-refractivity contribution in [3.05, 3.63) is 51.7 Å². The number of benzene rings is 1. The molecule has 2 nitrogen and oxygen atoms in total. The van der Waals surface area contributed by atoms with Crippen LogP contribution in [0.15, 0.2) is 35.7 Å². The molecule has 1 unspecified atom stereocenters. The van der Waals surface area contributed by atoms with E-state index in [0.717, 1.165) is 18.5 Å². The lowest BCUT2D eigenvalue weighted by Gasteiger charge is -2.24. The molecule has 0 saturated heterocycles. The number of thiophene rings is 1. The van der Waals surface area contributed by atoms with Crippen molar-refractivity contribution < 1.29 is 5.11 Å². The molecule has 0 bridgehead atoms. The van der Waals surface area contributed by atoms with Crippen molar-refractivity contribution in [3.8, 4) is 11.8 Å². The minimum atomic E-state index is 0.131. The van der Waals surface area contributed by atoms with E-state index >= 15 is 0 Å². The molecule has 0 radical (unpaired) electrons. The number of aliphatic hydroxyl groups is 1. The number of anilines is 1. The van der Waals surface area contributed by atoms with E-state index in [9.17, 15) is 0 Å². The predicted molar refractivity (Wildman–Crippen MR) is 88.7 cm³/mol. The van der Waals surface area contributed by atoms with Crippen LogP contribution < -0.4 is 4.90 Å². The van der Waals surface area contributed by atoms with Gasteiger partial charge in [-0.2, -0.15) is 0 Å².